The summed E-state index contributed by atoms with van der Waals surface area (Å²) in [5.41, 5.74) is 7.12. The molecule has 2 rings (SSSR count). The molecule has 0 aliphatic heterocycles. The van der Waals surface area contributed by atoms with Crippen LogP contribution in [0.25, 0.3) is 0 Å². The third kappa shape index (κ3) is 2.49. The van der Waals surface area contributed by atoms with Crippen LogP contribution in [0.15, 0.2) is 41.3 Å². The summed E-state index contributed by atoms with van der Waals surface area (Å²) in [6.45, 7) is 0.300. The molecule has 0 aliphatic carbocycles. The number of pyridine rings is 1. The summed E-state index contributed by atoms with van der Waals surface area (Å²) in [5.74, 6) is -0.251. The van der Waals surface area contributed by atoms with E-state index in [1.165, 1.54) is 6.26 Å². The molecule has 0 saturated heterocycles. The zero-order chi connectivity index (χ0) is 12.3. The Morgan fingerprint density at radius 3 is 2.82 bits per heavy atom. The molecule has 0 saturated carbocycles. The number of nitrogens with two attached hydrogens (primary N) is 1. The molecule has 0 aliphatic rings. The average Bonchev–Trinajstić information content (AvgIpc) is 2.77. The van der Waals surface area contributed by atoms with Gasteiger partial charge in [0, 0.05) is 30.4 Å². The highest BCUT2D eigenvalue weighted by Crippen LogP contribution is 2.34. The first-order chi connectivity index (χ1) is 8.24. The summed E-state index contributed by atoms with van der Waals surface area (Å²) in [6, 6.07) is 5.33. The smallest absolute Gasteiger partial charge is 0.198 e. The fourth-order valence-electron chi connectivity index (χ4n) is 1.77. The molecule has 2 unspecified atom stereocenters. The van der Waals surface area contributed by atoms with E-state index in [1.807, 2.05) is 12.1 Å². The Bertz CT molecular complexity index is 472. The molecule has 0 spiro atoms. The van der Waals surface area contributed by atoms with Crippen LogP contribution in [0.2, 0.25) is 5.22 Å². The van der Waals surface area contributed by atoms with Gasteiger partial charge < -0.3 is 15.3 Å². The highest BCUT2D eigenvalue weighted by atomic mass is 35.5. The first kappa shape index (κ1) is 12.1. The maximum Gasteiger partial charge on any atom is 0.198 e. The van der Waals surface area contributed by atoms with E-state index in [2.05, 4.69) is 4.98 Å². The molecule has 0 fully saturated rings. The minimum atomic E-state index is -0.796. The van der Waals surface area contributed by atoms with Gasteiger partial charge in [-0.3, -0.25) is 4.98 Å². The van der Waals surface area contributed by atoms with Gasteiger partial charge in [0.15, 0.2) is 5.22 Å². The molecule has 0 radical (unpaired) electrons. The van der Waals surface area contributed by atoms with Crippen LogP contribution in [0.1, 0.15) is 23.1 Å². The normalized spacial score (nSPS) is 14.5. The molecule has 2 atom stereocenters. The van der Waals surface area contributed by atoms with Gasteiger partial charge in [0.25, 0.3) is 0 Å². The fourth-order valence-corrected chi connectivity index (χ4v) is 2.00. The molecule has 90 valence electrons. The van der Waals surface area contributed by atoms with Crippen molar-refractivity contribution in [3.05, 3.63) is 53.2 Å². The van der Waals surface area contributed by atoms with Crippen LogP contribution in [-0.2, 0) is 0 Å². The Morgan fingerprint density at radius 2 is 2.29 bits per heavy atom. The lowest BCUT2D eigenvalue weighted by Crippen LogP contribution is -2.20. The molecular weight excluding hydrogens is 240 g/mol. The van der Waals surface area contributed by atoms with E-state index in [0.29, 0.717) is 12.1 Å². The van der Waals surface area contributed by atoms with Gasteiger partial charge in [-0.2, -0.15) is 0 Å². The SMILES string of the molecule is NCC(c1cccnc1)C(O)c1ccoc1Cl. The van der Waals surface area contributed by atoms with E-state index in [9.17, 15) is 5.11 Å². The molecule has 4 nitrogen and oxygen atoms in total. The standard InChI is InChI=1S/C12H13ClN2O2/c13-12-9(3-5-17-12)11(16)10(6-14)8-2-1-4-15-7-8/h1-5,7,10-11,16H,6,14H2. The average molecular weight is 253 g/mol. The Hall–Kier alpha value is -1.36. The second-order valence-corrected chi connectivity index (χ2v) is 4.07. The molecule has 17 heavy (non-hydrogen) atoms. The number of aliphatic hydroxyl groups excluding tert-OH is 1. The minimum Gasteiger partial charge on any atom is -0.453 e. The van der Waals surface area contributed by atoms with Crippen LogP contribution in [0.5, 0.6) is 0 Å². The summed E-state index contributed by atoms with van der Waals surface area (Å²) < 4.78 is 4.97. The summed E-state index contributed by atoms with van der Waals surface area (Å²) in [4.78, 5) is 4.02. The summed E-state index contributed by atoms with van der Waals surface area (Å²) in [7, 11) is 0. The van der Waals surface area contributed by atoms with Crippen molar-refractivity contribution < 1.29 is 9.52 Å². The van der Waals surface area contributed by atoms with Crippen molar-refractivity contribution in [2.24, 2.45) is 5.73 Å². The third-order valence-corrected chi connectivity index (χ3v) is 3.02. The highest BCUT2D eigenvalue weighted by Gasteiger charge is 2.24. The predicted octanol–water partition coefficient (Wildman–Crippen LogP) is 2.10. The molecule has 2 aromatic heterocycles. The Morgan fingerprint density at radius 1 is 1.47 bits per heavy atom. The van der Waals surface area contributed by atoms with E-state index < -0.39 is 6.10 Å². The fraction of sp³-hybridized carbons (Fsp3) is 0.250. The van der Waals surface area contributed by atoms with Crippen molar-refractivity contribution in [2.75, 3.05) is 6.54 Å². The molecular formula is C12H13ClN2O2. The number of aromatic nitrogens is 1. The molecule has 0 aromatic carbocycles. The van der Waals surface area contributed by atoms with E-state index in [-0.39, 0.29) is 11.1 Å². The monoisotopic (exact) mass is 252 g/mol. The van der Waals surface area contributed by atoms with Crippen LogP contribution < -0.4 is 5.73 Å². The van der Waals surface area contributed by atoms with E-state index in [0.717, 1.165) is 5.56 Å². The predicted molar refractivity (Wildman–Crippen MR) is 64.7 cm³/mol. The molecule has 2 heterocycles. The van der Waals surface area contributed by atoms with Crippen LogP contribution >= 0.6 is 11.6 Å². The van der Waals surface area contributed by atoms with Gasteiger partial charge in [-0.25, -0.2) is 0 Å². The number of aliphatic hydroxyl groups is 1. The quantitative estimate of drug-likeness (QED) is 0.874. The molecule has 0 bridgehead atoms. The molecule has 5 heteroatoms. The second-order valence-electron chi connectivity index (χ2n) is 3.72. The van der Waals surface area contributed by atoms with Crippen molar-refractivity contribution >= 4 is 11.6 Å². The van der Waals surface area contributed by atoms with Gasteiger partial charge in [0.05, 0.1) is 12.4 Å². The van der Waals surface area contributed by atoms with Gasteiger partial charge in [0.2, 0.25) is 0 Å². The Kier molecular flexibility index (Phi) is 3.78. The number of hydrogen-bond donors (Lipinski definition) is 2. The van der Waals surface area contributed by atoms with Gasteiger partial charge in [-0.1, -0.05) is 6.07 Å². The first-order valence-corrected chi connectivity index (χ1v) is 5.62. The van der Waals surface area contributed by atoms with Crippen molar-refractivity contribution in [1.29, 1.82) is 0 Å². The molecule has 3 N–H and O–H groups in total. The van der Waals surface area contributed by atoms with E-state index in [1.54, 1.807) is 18.5 Å². The summed E-state index contributed by atoms with van der Waals surface area (Å²) in [6.07, 6.45) is 4.01. The molecule has 0 amide bonds. The van der Waals surface area contributed by atoms with Crippen molar-refractivity contribution in [1.82, 2.24) is 4.98 Å². The highest BCUT2D eigenvalue weighted by molar-refractivity contribution is 6.29. The van der Waals surface area contributed by atoms with Crippen molar-refractivity contribution in [3.63, 3.8) is 0 Å². The summed E-state index contributed by atoms with van der Waals surface area (Å²) >= 11 is 5.84. The maximum atomic E-state index is 10.3. The summed E-state index contributed by atoms with van der Waals surface area (Å²) in [5, 5.41) is 10.4. The largest absolute Gasteiger partial charge is 0.453 e. The van der Waals surface area contributed by atoms with Gasteiger partial charge >= 0.3 is 0 Å². The van der Waals surface area contributed by atoms with Crippen LogP contribution in [0, 0.1) is 0 Å². The van der Waals surface area contributed by atoms with Gasteiger partial charge in [0.1, 0.15) is 0 Å². The zero-order valence-corrected chi connectivity index (χ0v) is 9.84. The lowest BCUT2D eigenvalue weighted by Gasteiger charge is -2.20. The number of halogens is 1. The van der Waals surface area contributed by atoms with Crippen molar-refractivity contribution in [3.8, 4) is 0 Å². The Labute approximate surface area is 104 Å². The third-order valence-electron chi connectivity index (χ3n) is 2.71. The second kappa shape index (κ2) is 5.31. The number of furan rings is 1. The molecule has 2 aromatic rings. The first-order valence-electron chi connectivity index (χ1n) is 5.25. The zero-order valence-electron chi connectivity index (χ0n) is 9.08. The lowest BCUT2D eigenvalue weighted by atomic mass is 9.91. The van der Waals surface area contributed by atoms with Gasteiger partial charge in [-0.05, 0) is 29.3 Å². The minimum absolute atomic E-state index is 0.194. The number of hydrogen-bond acceptors (Lipinski definition) is 4. The van der Waals surface area contributed by atoms with Crippen LogP contribution in [0.4, 0.5) is 0 Å². The van der Waals surface area contributed by atoms with Gasteiger partial charge in [-0.15, -0.1) is 0 Å². The number of nitrogens with zero attached hydrogens (tertiary/aromatic N) is 1. The van der Waals surface area contributed by atoms with E-state index in [4.69, 9.17) is 21.8 Å². The topological polar surface area (TPSA) is 72.3 Å². The maximum absolute atomic E-state index is 10.3. The number of rotatable bonds is 4. The lowest BCUT2D eigenvalue weighted by molar-refractivity contribution is 0.146. The Balaban J connectivity index is 2.28. The van der Waals surface area contributed by atoms with Crippen LogP contribution in [-0.4, -0.2) is 16.6 Å². The van der Waals surface area contributed by atoms with E-state index >= 15 is 0 Å². The van der Waals surface area contributed by atoms with Crippen molar-refractivity contribution in [2.45, 2.75) is 12.0 Å². The van der Waals surface area contributed by atoms with Crippen LogP contribution in [0.3, 0.4) is 0 Å².